The largest absolute Gasteiger partial charge is 0.462 e. The minimum atomic E-state index is -0.213. The standard InChI is InChI=1S/C26H36O5/c1-16(27)31-18-8-10-24(2)17(14-18)4-5-19-20-6-7-22(25(20,3)11-9-21(19)24)26(15-30-26)23-28-12-13-29-23/h4-5,18,20-23H,6-15H2,1-3H3/t18-,20-,21-,22-,24-,25-,26?/m0/s1. The van der Waals surface area contributed by atoms with Crippen LogP contribution in [0.3, 0.4) is 0 Å². The molecule has 0 aromatic rings. The Morgan fingerprint density at radius 3 is 2.52 bits per heavy atom. The van der Waals surface area contributed by atoms with Crippen LogP contribution in [0.25, 0.3) is 0 Å². The first-order valence-electron chi connectivity index (χ1n) is 12.3. The van der Waals surface area contributed by atoms with Gasteiger partial charge in [-0.3, -0.25) is 4.79 Å². The van der Waals surface area contributed by atoms with Crippen LogP contribution in [0.1, 0.15) is 65.7 Å². The van der Waals surface area contributed by atoms with E-state index in [2.05, 4.69) is 26.0 Å². The summed E-state index contributed by atoms with van der Waals surface area (Å²) >= 11 is 0. The molecular weight excluding hydrogens is 392 g/mol. The number of carbonyl (C=O) groups excluding carboxylic acids is 1. The van der Waals surface area contributed by atoms with E-state index in [-0.39, 0.29) is 34.8 Å². The Labute approximate surface area is 185 Å². The monoisotopic (exact) mass is 428 g/mol. The second kappa shape index (κ2) is 6.91. The minimum Gasteiger partial charge on any atom is -0.462 e. The molecule has 6 aliphatic rings. The van der Waals surface area contributed by atoms with Crippen LogP contribution in [0.5, 0.6) is 0 Å². The molecule has 0 radical (unpaired) electrons. The van der Waals surface area contributed by atoms with Gasteiger partial charge < -0.3 is 18.9 Å². The van der Waals surface area contributed by atoms with E-state index in [0.29, 0.717) is 31.0 Å². The van der Waals surface area contributed by atoms with Gasteiger partial charge in [0.1, 0.15) is 11.7 Å². The first-order valence-corrected chi connectivity index (χ1v) is 12.3. The molecule has 0 aromatic heterocycles. The molecule has 6 rings (SSSR count). The maximum absolute atomic E-state index is 11.5. The molecule has 3 saturated carbocycles. The molecule has 1 unspecified atom stereocenters. The molecule has 7 atom stereocenters. The highest BCUT2D eigenvalue weighted by Crippen LogP contribution is 2.68. The first kappa shape index (κ1) is 20.4. The summed E-state index contributed by atoms with van der Waals surface area (Å²) in [5.74, 6) is 1.60. The molecular formula is C26H36O5. The number of carbonyl (C=O) groups is 1. The maximum atomic E-state index is 11.5. The second-order valence-corrected chi connectivity index (χ2v) is 11.3. The molecule has 5 heteroatoms. The second-order valence-electron chi connectivity index (χ2n) is 11.3. The minimum absolute atomic E-state index is 0.0507. The molecule has 0 N–H and O–H groups in total. The summed E-state index contributed by atoms with van der Waals surface area (Å²) in [6, 6.07) is 0. The Bertz CT molecular complexity index is 835. The first-order chi connectivity index (χ1) is 14.9. The molecule has 5 fully saturated rings. The van der Waals surface area contributed by atoms with E-state index in [1.54, 1.807) is 5.57 Å². The predicted octanol–water partition coefficient (Wildman–Crippen LogP) is 4.56. The van der Waals surface area contributed by atoms with Gasteiger partial charge in [-0.25, -0.2) is 0 Å². The third-order valence-electron chi connectivity index (χ3n) is 9.95. The average Bonchev–Trinajstić information content (AvgIpc) is 3.17. The number of hydrogen-bond donors (Lipinski definition) is 0. The van der Waals surface area contributed by atoms with E-state index in [1.807, 2.05) is 0 Å². The summed E-state index contributed by atoms with van der Waals surface area (Å²) in [5, 5.41) is 0. The van der Waals surface area contributed by atoms with E-state index >= 15 is 0 Å². The number of esters is 1. The quantitative estimate of drug-likeness (QED) is 0.487. The van der Waals surface area contributed by atoms with Gasteiger partial charge in [-0.1, -0.05) is 37.1 Å². The van der Waals surface area contributed by atoms with Crippen molar-refractivity contribution in [2.45, 2.75) is 83.7 Å². The third-order valence-corrected chi connectivity index (χ3v) is 9.95. The van der Waals surface area contributed by atoms with Crippen LogP contribution in [0.2, 0.25) is 0 Å². The Morgan fingerprint density at radius 2 is 1.81 bits per heavy atom. The van der Waals surface area contributed by atoms with Gasteiger partial charge in [-0.2, -0.15) is 0 Å². The summed E-state index contributed by atoms with van der Waals surface area (Å²) < 4.78 is 23.6. The number of allylic oxidation sites excluding steroid dienone is 3. The van der Waals surface area contributed by atoms with Crippen molar-refractivity contribution in [1.29, 1.82) is 0 Å². The van der Waals surface area contributed by atoms with Gasteiger partial charge in [0.25, 0.3) is 0 Å². The number of rotatable bonds is 3. The molecule has 0 bridgehead atoms. The van der Waals surface area contributed by atoms with Crippen LogP contribution in [-0.4, -0.2) is 43.8 Å². The molecule has 31 heavy (non-hydrogen) atoms. The van der Waals surface area contributed by atoms with E-state index in [9.17, 15) is 4.79 Å². The van der Waals surface area contributed by atoms with Gasteiger partial charge in [0.05, 0.1) is 19.8 Å². The molecule has 2 aliphatic heterocycles. The Morgan fingerprint density at radius 1 is 1.03 bits per heavy atom. The van der Waals surface area contributed by atoms with Gasteiger partial charge >= 0.3 is 5.97 Å². The fourth-order valence-electron chi connectivity index (χ4n) is 8.33. The van der Waals surface area contributed by atoms with Crippen molar-refractivity contribution in [3.63, 3.8) is 0 Å². The summed E-state index contributed by atoms with van der Waals surface area (Å²) in [7, 11) is 0. The van der Waals surface area contributed by atoms with Crippen molar-refractivity contribution in [3.05, 3.63) is 23.3 Å². The van der Waals surface area contributed by atoms with Gasteiger partial charge in [0, 0.05) is 19.3 Å². The zero-order valence-corrected chi connectivity index (χ0v) is 19.2. The van der Waals surface area contributed by atoms with Crippen molar-refractivity contribution in [2.75, 3.05) is 19.8 Å². The van der Waals surface area contributed by atoms with E-state index < -0.39 is 0 Å². The highest BCUT2D eigenvalue weighted by Gasteiger charge is 2.69. The lowest BCUT2D eigenvalue weighted by Crippen LogP contribution is -2.50. The smallest absolute Gasteiger partial charge is 0.302 e. The molecule has 0 amide bonds. The lowest BCUT2D eigenvalue weighted by atomic mass is 9.50. The van der Waals surface area contributed by atoms with Crippen molar-refractivity contribution >= 4 is 5.97 Å². The Kier molecular flexibility index (Phi) is 4.56. The molecule has 4 aliphatic carbocycles. The van der Waals surface area contributed by atoms with Crippen LogP contribution >= 0.6 is 0 Å². The van der Waals surface area contributed by atoms with Gasteiger partial charge in [-0.05, 0) is 61.2 Å². The number of ether oxygens (including phenoxy) is 4. The lowest BCUT2D eigenvalue weighted by Gasteiger charge is -2.55. The summed E-state index contributed by atoms with van der Waals surface area (Å²) in [4.78, 5) is 11.5. The van der Waals surface area contributed by atoms with Crippen molar-refractivity contribution < 1.29 is 23.7 Å². The van der Waals surface area contributed by atoms with Crippen LogP contribution in [0.15, 0.2) is 23.3 Å². The molecule has 5 nitrogen and oxygen atoms in total. The summed E-state index contributed by atoms with van der Waals surface area (Å²) in [6.07, 6.45) is 12.6. The summed E-state index contributed by atoms with van der Waals surface area (Å²) in [6.45, 7) is 8.68. The highest BCUT2D eigenvalue weighted by molar-refractivity contribution is 5.66. The number of epoxide rings is 1. The van der Waals surface area contributed by atoms with E-state index in [4.69, 9.17) is 18.9 Å². The zero-order chi connectivity index (χ0) is 21.4. The van der Waals surface area contributed by atoms with Crippen molar-refractivity contribution in [2.24, 2.45) is 28.6 Å². The fraction of sp³-hybridized carbons (Fsp3) is 0.808. The predicted molar refractivity (Wildman–Crippen MR) is 115 cm³/mol. The molecule has 2 saturated heterocycles. The van der Waals surface area contributed by atoms with Crippen LogP contribution in [-0.2, 0) is 23.7 Å². The zero-order valence-electron chi connectivity index (χ0n) is 19.2. The molecule has 2 heterocycles. The normalized spacial score (nSPS) is 48.9. The van der Waals surface area contributed by atoms with Gasteiger partial charge in [-0.15, -0.1) is 0 Å². The van der Waals surface area contributed by atoms with Crippen LogP contribution in [0, 0.1) is 28.6 Å². The van der Waals surface area contributed by atoms with Crippen molar-refractivity contribution in [1.82, 2.24) is 0 Å². The van der Waals surface area contributed by atoms with Crippen LogP contribution < -0.4 is 0 Å². The highest BCUT2D eigenvalue weighted by atomic mass is 16.8. The van der Waals surface area contributed by atoms with Crippen LogP contribution in [0.4, 0.5) is 0 Å². The van der Waals surface area contributed by atoms with Gasteiger partial charge in [0.2, 0.25) is 0 Å². The van der Waals surface area contributed by atoms with E-state index in [1.165, 1.54) is 38.2 Å². The van der Waals surface area contributed by atoms with Crippen molar-refractivity contribution in [3.8, 4) is 0 Å². The summed E-state index contributed by atoms with van der Waals surface area (Å²) in [5.41, 5.74) is 3.43. The number of hydrogen-bond acceptors (Lipinski definition) is 5. The van der Waals surface area contributed by atoms with E-state index in [0.717, 1.165) is 25.9 Å². The third kappa shape index (κ3) is 2.88. The lowest BCUT2D eigenvalue weighted by molar-refractivity contribution is -0.148. The topological polar surface area (TPSA) is 57.3 Å². The molecule has 170 valence electrons. The maximum Gasteiger partial charge on any atom is 0.302 e. The number of fused-ring (bicyclic) bond motifs is 5. The molecule has 0 spiro atoms. The fourth-order valence-corrected chi connectivity index (χ4v) is 8.33. The van der Waals surface area contributed by atoms with Gasteiger partial charge in [0.15, 0.2) is 6.29 Å². The Hall–Kier alpha value is -1.17. The average molecular weight is 429 g/mol. The Balaban J connectivity index is 1.28. The molecule has 0 aromatic carbocycles. The SMILES string of the molecule is CC(=O)O[C@H]1CC[C@@]2(C)C(=CC=C3[C@@H]4CC[C@H](C5(C6OCCO6)CO5)[C@@]4(C)CC[C@@H]32)C1.